The second kappa shape index (κ2) is 6.80. The number of hydrogen-bond acceptors (Lipinski definition) is 6. The Balaban J connectivity index is 1.91. The van der Waals surface area contributed by atoms with Gasteiger partial charge >= 0.3 is 11.8 Å². The van der Waals surface area contributed by atoms with Gasteiger partial charge in [0.05, 0.1) is 4.92 Å². The van der Waals surface area contributed by atoms with Crippen LogP contribution in [0, 0.1) is 10.1 Å². The number of rotatable bonds is 3. The van der Waals surface area contributed by atoms with Crippen LogP contribution in [0.2, 0.25) is 0 Å². The van der Waals surface area contributed by atoms with E-state index in [2.05, 4.69) is 10.3 Å². The maximum absolute atomic E-state index is 12.0. The Bertz CT molecular complexity index is 577. The van der Waals surface area contributed by atoms with Crippen molar-refractivity contribution in [1.29, 1.82) is 0 Å². The van der Waals surface area contributed by atoms with Gasteiger partial charge in [-0.15, -0.1) is 0 Å². The number of anilines is 1. The first kappa shape index (κ1) is 17.0. The summed E-state index contributed by atoms with van der Waals surface area (Å²) in [5.74, 6) is 0. The van der Waals surface area contributed by atoms with Gasteiger partial charge in [0, 0.05) is 25.3 Å². The molecule has 0 aliphatic carbocycles. The molecule has 23 heavy (non-hydrogen) atoms. The van der Waals surface area contributed by atoms with Crippen LogP contribution < -0.4 is 5.32 Å². The molecule has 8 nitrogen and oxygen atoms in total. The SMILES string of the molecule is CC(C)(C)OC(=O)N1CCC(Nc2ccncc2[N+](=O)[O-])CC1. The summed E-state index contributed by atoms with van der Waals surface area (Å²) in [4.78, 5) is 28.0. The quantitative estimate of drug-likeness (QED) is 0.679. The predicted molar refractivity (Wildman–Crippen MR) is 85.3 cm³/mol. The third kappa shape index (κ3) is 4.80. The number of likely N-dealkylation sites (tertiary alicyclic amines) is 1. The summed E-state index contributed by atoms with van der Waals surface area (Å²) >= 11 is 0. The number of aromatic nitrogens is 1. The number of amides is 1. The molecule has 1 fully saturated rings. The van der Waals surface area contributed by atoms with Crippen LogP contribution in [0.15, 0.2) is 18.5 Å². The fraction of sp³-hybridized carbons (Fsp3) is 0.600. The topological polar surface area (TPSA) is 97.6 Å². The van der Waals surface area contributed by atoms with Crippen molar-refractivity contribution in [3.63, 3.8) is 0 Å². The molecule has 0 saturated carbocycles. The van der Waals surface area contributed by atoms with Gasteiger partial charge in [0.25, 0.3) is 0 Å². The number of piperidine rings is 1. The molecule has 1 aliphatic rings. The number of nitrogens with one attached hydrogen (secondary N) is 1. The molecular formula is C15H22N4O4. The summed E-state index contributed by atoms with van der Waals surface area (Å²) in [6, 6.07) is 1.67. The monoisotopic (exact) mass is 322 g/mol. The van der Waals surface area contributed by atoms with E-state index in [4.69, 9.17) is 4.74 Å². The summed E-state index contributed by atoms with van der Waals surface area (Å²) in [5, 5.41) is 14.2. The molecule has 0 unspecified atom stereocenters. The van der Waals surface area contributed by atoms with Crippen LogP contribution in [0.1, 0.15) is 33.6 Å². The first-order chi connectivity index (χ1) is 10.8. The molecule has 2 heterocycles. The fourth-order valence-corrected chi connectivity index (χ4v) is 2.41. The predicted octanol–water partition coefficient (Wildman–Crippen LogP) is 2.80. The highest BCUT2D eigenvalue weighted by Crippen LogP contribution is 2.25. The minimum atomic E-state index is -0.510. The molecule has 1 saturated heterocycles. The number of carbonyl (C=O) groups is 1. The zero-order valence-corrected chi connectivity index (χ0v) is 13.6. The average Bonchev–Trinajstić information content (AvgIpc) is 2.46. The molecule has 126 valence electrons. The molecule has 2 rings (SSSR count). The van der Waals surface area contributed by atoms with Crippen molar-refractivity contribution >= 4 is 17.5 Å². The second-order valence-corrected chi connectivity index (χ2v) is 6.54. The minimum absolute atomic E-state index is 0.0397. The smallest absolute Gasteiger partial charge is 0.410 e. The molecule has 0 spiro atoms. The van der Waals surface area contributed by atoms with Gasteiger partial charge in [-0.05, 0) is 39.7 Å². The molecule has 1 aromatic heterocycles. The fourth-order valence-electron chi connectivity index (χ4n) is 2.41. The Hall–Kier alpha value is -2.38. The van der Waals surface area contributed by atoms with Gasteiger partial charge in [-0.1, -0.05) is 0 Å². The van der Waals surface area contributed by atoms with Crippen LogP contribution in [0.3, 0.4) is 0 Å². The largest absolute Gasteiger partial charge is 0.444 e. The zero-order chi connectivity index (χ0) is 17.0. The molecule has 0 radical (unpaired) electrons. The third-order valence-corrected chi connectivity index (χ3v) is 3.50. The van der Waals surface area contributed by atoms with Crippen molar-refractivity contribution in [3.05, 3.63) is 28.6 Å². The number of carbonyl (C=O) groups excluding carboxylic acids is 1. The second-order valence-electron chi connectivity index (χ2n) is 6.54. The van der Waals surface area contributed by atoms with Gasteiger partial charge in [-0.3, -0.25) is 15.1 Å². The van der Waals surface area contributed by atoms with Gasteiger partial charge in [0.2, 0.25) is 0 Å². The van der Waals surface area contributed by atoms with E-state index in [1.54, 1.807) is 11.0 Å². The van der Waals surface area contributed by atoms with E-state index < -0.39 is 10.5 Å². The van der Waals surface area contributed by atoms with Crippen molar-refractivity contribution in [1.82, 2.24) is 9.88 Å². The van der Waals surface area contributed by atoms with Crippen molar-refractivity contribution < 1.29 is 14.5 Å². The highest BCUT2D eigenvalue weighted by atomic mass is 16.6. The van der Waals surface area contributed by atoms with Gasteiger partial charge in [-0.25, -0.2) is 4.79 Å². The number of nitro groups is 1. The van der Waals surface area contributed by atoms with E-state index in [0.717, 1.165) is 0 Å². The standard InChI is InChI=1S/C15H22N4O4/c1-15(2,3)23-14(20)18-8-5-11(6-9-18)17-12-4-7-16-10-13(12)19(21)22/h4,7,10-11H,5-6,8-9H2,1-3H3,(H,16,17). The Morgan fingerprint density at radius 1 is 1.43 bits per heavy atom. The average molecular weight is 322 g/mol. The van der Waals surface area contributed by atoms with Crippen molar-refractivity contribution in [3.8, 4) is 0 Å². The lowest BCUT2D eigenvalue weighted by Crippen LogP contribution is -2.44. The summed E-state index contributed by atoms with van der Waals surface area (Å²) in [6.07, 6.45) is 3.85. The first-order valence-corrected chi connectivity index (χ1v) is 7.59. The van der Waals surface area contributed by atoms with Gasteiger partial charge < -0.3 is 15.0 Å². The Morgan fingerprint density at radius 3 is 2.65 bits per heavy atom. The summed E-state index contributed by atoms with van der Waals surface area (Å²) in [7, 11) is 0. The highest BCUT2D eigenvalue weighted by Gasteiger charge is 2.27. The minimum Gasteiger partial charge on any atom is -0.444 e. The Kier molecular flexibility index (Phi) is 5.02. The third-order valence-electron chi connectivity index (χ3n) is 3.50. The summed E-state index contributed by atoms with van der Waals surface area (Å²) in [5.41, 5.74) is -0.0908. The van der Waals surface area contributed by atoms with Gasteiger partial charge in [0.15, 0.2) is 0 Å². The highest BCUT2D eigenvalue weighted by molar-refractivity contribution is 5.68. The zero-order valence-electron chi connectivity index (χ0n) is 13.6. The van der Waals surface area contributed by atoms with Crippen LogP contribution in [-0.2, 0) is 4.74 Å². The lowest BCUT2D eigenvalue weighted by Gasteiger charge is -2.34. The summed E-state index contributed by atoms with van der Waals surface area (Å²) < 4.78 is 5.35. The van der Waals surface area contributed by atoms with E-state index in [-0.39, 0.29) is 17.8 Å². The maximum Gasteiger partial charge on any atom is 0.410 e. The molecule has 0 atom stereocenters. The molecule has 8 heteroatoms. The molecule has 1 amide bonds. The number of hydrogen-bond donors (Lipinski definition) is 1. The van der Waals surface area contributed by atoms with Crippen LogP contribution in [0.25, 0.3) is 0 Å². The number of nitrogens with zero attached hydrogens (tertiary/aromatic N) is 3. The first-order valence-electron chi connectivity index (χ1n) is 7.59. The molecule has 0 bridgehead atoms. The molecule has 1 aromatic rings. The van der Waals surface area contributed by atoms with Gasteiger partial charge in [-0.2, -0.15) is 0 Å². The van der Waals surface area contributed by atoms with Crippen LogP contribution >= 0.6 is 0 Å². The van der Waals surface area contributed by atoms with Crippen LogP contribution in [-0.4, -0.2) is 45.6 Å². The lowest BCUT2D eigenvalue weighted by atomic mass is 10.0. The van der Waals surface area contributed by atoms with Crippen LogP contribution in [0.4, 0.5) is 16.2 Å². The summed E-state index contributed by atoms with van der Waals surface area (Å²) in [6.45, 7) is 6.63. The molecule has 0 aromatic carbocycles. The van der Waals surface area contributed by atoms with Crippen molar-refractivity contribution in [2.45, 2.75) is 45.3 Å². The number of pyridine rings is 1. The van der Waals surface area contributed by atoms with E-state index in [9.17, 15) is 14.9 Å². The molecule has 1 aliphatic heterocycles. The normalized spacial score (nSPS) is 16.0. The Labute approximate surface area is 135 Å². The number of ether oxygens (including phenoxy) is 1. The van der Waals surface area contributed by atoms with Crippen LogP contribution in [0.5, 0.6) is 0 Å². The van der Waals surface area contributed by atoms with E-state index >= 15 is 0 Å². The van der Waals surface area contributed by atoms with E-state index in [1.807, 2.05) is 20.8 Å². The molecular weight excluding hydrogens is 300 g/mol. The lowest BCUT2D eigenvalue weighted by molar-refractivity contribution is -0.384. The van der Waals surface area contributed by atoms with E-state index in [0.29, 0.717) is 31.6 Å². The molecule has 1 N–H and O–H groups in total. The van der Waals surface area contributed by atoms with Crippen molar-refractivity contribution in [2.75, 3.05) is 18.4 Å². The maximum atomic E-state index is 12.0. The van der Waals surface area contributed by atoms with E-state index in [1.165, 1.54) is 12.4 Å². The van der Waals surface area contributed by atoms with Crippen molar-refractivity contribution in [2.24, 2.45) is 0 Å². The van der Waals surface area contributed by atoms with Gasteiger partial charge in [0.1, 0.15) is 17.5 Å². The Morgan fingerprint density at radius 2 is 2.09 bits per heavy atom.